The molecule has 1 amide bonds. The van der Waals surface area contributed by atoms with Crippen LogP contribution >= 0.6 is 11.6 Å². The lowest BCUT2D eigenvalue weighted by Crippen LogP contribution is -2.32. The summed E-state index contributed by atoms with van der Waals surface area (Å²) in [6, 6.07) is 5.58. The third-order valence-corrected chi connectivity index (χ3v) is 5.22. The van der Waals surface area contributed by atoms with Gasteiger partial charge in [-0.2, -0.15) is 0 Å². The molecule has 28 heavy (non-hydrogen) atoms. The van der Waals surface area contributed by atoms with Gasteiger partial charge >= 0.3 is 0 Å². The van der Waals surface area contributed by atoms with Crippen LogP contribution in [-0.4, -0.2) is 50.5 Å². The van der Waals surface area contributed by atoms with Crippen LogP contribution < -0.4 is 10.6 Å². The average molecular weight is 402 g/mol. The molecule has 1 fully saturated rings. The summed E-state index contributed by atoms with van der Waals surface area (Å²) in [5.41, 5.74) is 2.19. The lowest BCUT2D eigenvalue weighted by atomic mass is 10.00. The number of carbonyl (C=O) groups excluding carboxylic acids is 1. The van der Waals surface area contributed by atoms with Gasteiger partial charge in [0.05, 0.1) is 17.2 Å². The van der Waals surface area contributed by atoms with Gasteiger partial charge in [-0.1, -0.05) is 16.8 Å². The SMILES string of the molecule is O=C(NCCCc1nc2ccc(Cl)cc2[nH]1)c1cn(C[C@H]2CCCNC2)nn1. The fourth-order valence-electron chi connectivity index (χ4n) is 3.54. The number of imidazole rings is 1. The Morgan fingerprint density at radius 2 is 2.32 bits per heavy atom. The number of aromatic nitrogens is 5. The highest BCUT2D eigenvalue weighted by Crippen LogP contribution is 2.17. The molecule has 0 unspecified atom stereocenters. The van der Waals surface area contributed by atoms with Gasteiger partial charge in [0.1, 0.15) is 5.82 Å². The van der Waals surface area contributed by atoms with E-state index in [9.17, 15) is 4.79 Å². The predicted molar refractivity (Wildman–Crippen MR) is 107 cm³/mol. The number of aromatic amines is 1. The summed E-state index contributed by atoms with van der Waals surface area (Å²) in [6.07, 6.45) is 5.62. The first-order valence-corrected chi connectivity index (χ1v) is 10.1. The number of fused-ring (bicyclic) bond motifs is 1. The fourth-order valence-corrected chi connectivity index (χ4v) is 3.71. The van der Waals surface area contributed by atoms with E-state index in [1.807, 2.05) is 18.2 Å². The molecule has 1 atom stereocenters. The number of aryl methyl sites for hydroxylation is 1. The van der Waals surface area contributed by atoms with Crippen LogP contribution in [0.3, 0.4) is 0 Å². The van der Waals surface area contributed by atoms with E-state index in [0.717, 1.165) is 49.3 Å². The summed E-state index contributed by atoms with van der Waals surface area (Å²) in [6.45, 7) is 3.43. The smallest absolute Gasteiger partial charge is 0.273 e. The highest BCUT2D eigenvalue weighted by atomic mass is 35.5. The molecule has 0 saturated carbocycles. The largest absolute Gasteiger partial charge is 0.351 e. The maximum absolute atomic E-state index is 12.3. The molecule has 0 aliphatic carbocycles. The lowest BCUT2D eigenvalue weighted by molar-refractivity contribution is 0.0948. The molecule has 3 N–H and O–H groups in total. The summed E-state index contributed by atoms with van der Waals surface area (Å²) < 4.78 is 1.77. The summed E-state index contributed by atoms with van der Waals surface area (Å²) >= 11 is 5.99. The summed E-state index contributed by atoms with van der Waals surface area (Å²) in [5.74, 6) is 1.24. The normalized spacial score (nSPS) is 17.1. The van der Waals surface area contributed by atoms with Gasteiger partial charge in [0.15, 0.2) is 5.69 Å². The van der Waals surface area contributed by atoms with E-state index >= 15 is 0 Å². The second-order valence-electron chi connectivity index (χ2n) is 7.24. The molecule has 1 aliphatic rings. The minimum Gasteiger partial charge on any atom is -0.351 e. The minimum absolute atomic E-state index is 0.190. The number of carbonyl (C=O) groups is 1. The van der Waals surface area contributed by atoms with Crippen LogP contribution in [0, 0.1) is 5.92 Å². The van der Waals surface area contributed by atoms with Crippen molar-refractivity contribution in [1.82, 2.24) is 35.6 Å². The minimum atomic E-state index is -0.190. The van der Waals surface area contributed by atoms with Crippen molar-refractivity contribution >= 4 is 28.5 Å². The Kier molecular flexibility index (Phi) is 5.87. The quantitative estimate of drug-likeness (QED) is 0.527. The number of amides is 1. The van der Waals surface area contributed by atoms with Crippen LogP contribution in [0.2, 0.25) is 5.02 Å². The summed E-state index contributed by atoms with van der Waals surface area (Å²) in [5, 5.41) is 15.1. The number of nitrogens with one attached hydrogen (secondary N) is 3. The molecule has 0 spiro atoms. The Labute approximate surface area is 168 Å². The molecule has 1 saturated heterocycles. The van der Waals surface area contributed by atoms with Crippen molar-refractivity contribution in [3.63, 3.8) is 0 Å². The molecule has 148 valence electrons. The van der Waals surface area contributed by atoms with E-state index in [-0.39, 0.29) is 5.91 Å². The van der Waals surface area contributed by atoms with Crippen molar-refractivity contribution in [3.05, 3.63) is 40.9 Å². The first-order valence-electron chi connectivity index (χ1n) is 9.70. The molecule has 9 heteroatoms. The molecule has 0 radical (unpaired) electrons. The Morgan fingerprint density at radius 1 is 1.39 bits per heavy atom. The highest BCUT2D eigenvalue weighted by Gasteiger charge is 2.16. The van der Waals surface area contributed by atoms with Crippen molar-refractivity contribution in [1.29, 1.82) is 0 Å². The third-order valence-electron chi connectivity index (χ3n) is 4.98. The van der Waals surface area contributed by atoms with Crippen LogP contribution in [0.4, 0.5) is 0 Å². The maximum Gasteiger partial charge on any atom is 0.273 e. The molecule has 1 aromatic carbocycles. The molecule has 3 heterocycles. The molecule has 8 nitrogen and oxygen atoms in total. The van der Waals surface area contributed by atoms with Gasteiger partial charge in [-0.05, 0) is 56.5 Å². The average Bonchev–Trinajstić information content (AvgIpc) is 3.32. The maximum atomic E-state index is 12.3. The van der Waals surface area contributed by atoms with Gasteiger partial charge in [-0.3, -0.25) is 9.48 Å². The van der Waals surface area contributed by atoms with Gasteiger partial charge in [0.2, 0.25) is 0 Å². The predicted octanol–water partition coefficient (Wildman–Crippen LogP) is 2.17. The molecule has 4 rings (SSSR count). The van der Waals surface area contributed by atoms with E-state index in [4.69, 9.17) is 11.6 Å². The van der Waals surface area contributed by atoms with Crippen molar-refractivity contribution in [3.8, 4) is 0 Å². The van der Waals surface area contributed by atoms with E-state index in [0.29, 0.717) is 23.2 Å². The van der Waals surface area contributed by atoms with Crippen LogP contribution in [-0.2, 0) is 13.0 Å². The monoisotopic (exact) mass is 401 g/mol. The van der Waals surface area contributed by atoms with Gasteiger partial charge in [-0.25, -0.2) is 4.98 Å². The zero-order valence-electron chi connectivity index (χ0n) is 15.6. The summed E-state index contributed by atoms with van der Waals surface area (Å²) in [4.78, 5) is 20.1. The fraction of sp³-hybridized carbons (Fsp3) is 0.474. The number of piperidine rings is 1. The molecule has 1 aliphatic heterocycles. The standard InChI is InChI=1S/C19H24ClN7O/c20-14-5-6-15-16(9-14)24-18(23-15)4-2-8-22-19(28)17-12-27(26-25-17)11-13-3-1-7-21-10-13/h5-6,9,12-13,21H,1-4,7-8,10-11H2,(H,22,28)(H,23,24)/t13-/m0/s1. The Balaban J connectivity index is 1.22. The van der Waals surface area contributed by atoms with Gasteiger partial charge in [-0.15, -0.1) is 5.10 Å². The topological polar surface area (TPSA) is 101 Å². The zero-order chi connectivity index (χ0) is 19.3. The van der Waals surface area contributed by atoms with Crippen LogP contribution in [0.5, 0.6) is 0 Å². The van der Waals surface area contributed by atoms with E-state index in [2.05, 4.69) is 30.9 Å². The molecule has 3 aromatic rings. The molecular formula is C19H24ClN7O. The second kappa shape index (κ2) is 8.70. The molecule has 0 bridgehead atoms. The Morgan fingerprint density at radius 3 is 3.18 bits per heavy atom. The summed E-state index contributed by atoms with van der Waals surface area (Å²) in [7, 11) is 0. The number of rotatable bonds is 7. The number of halogens is 1. The van der Waals surface area contributed by atoms with Gasteiger partial charge in [0, 0.05) is 24.5 Å². The number of H-pyrrole nitrogens is 1. The Bertz CT molecular complexity index is 945. The highest BCUT2D eigenvalue weighted by molar-refractivity contribution is 6.31. The van der Waals surface area contributed by atoms with E-state index in [1.54, 1.807) is 10.9 Å². The van der Waals surface area contributed by atoms with Gasteiger partial charge < -0.3 is 15.6 Å². The third kappa shape index (κ3) is 4.69. The van der Waals surface area contributed by atoms with E-state index in [1.165, 1.54) is 12.8 Å². The van der Waals surface area contributed by atoms with Crippen LogP contribution in [0.1, 0.15) is 35.6 Å². The molecular weight excluding hydrogens is 378 g/mol. The number of hydrogen-bond acceptors (Lipinski definition) is 5. The number of benzene rings is 1. The lowest BCUT2D eigenvalue weighted by Gasteiger charge is -2.22. The number of hydrogen-bond donors (Lipinski definition) is 3. The van der Waals surface area contributed by atoms with Crippen LogP contribution in [0.15, 0.2) is 24.4 Å². The van der Waals surface area contributed by atoms with Crippen molar-refractivity contribution < 1.29 is 4.79 Å². The van der Waals surface area contributed by atoms with Gasteiger partial charge in [0.25, 0.3) is 5.91 Å². The van der Waals surface area contributed by atoms with Crippen molar-refractivity contribution in [2.45, 2.75) is 32.2 Å². The van der Waals surface area contributed by atoms with Crippen molar-refractivity contribution in [2.24, 2.45) is 5.92 Å². The van der Waals surface area contributed by atoms with Crippen LogP contribution in [0.25, 0.3) is 11.0 Å². The van der Waals surface area contributed by atoms with E-state index < -0.39 is 0 Å². The Hall–Kier alpha value is -2.45. The second-order valence-corrected chi connectivity index (χ2v) is 7.68. The first-order chi connectivity index (χ1) is 13.7. The zero-order valence-corrected chi connectivity index (χ0v) is 16.4. The van der Waals surface area contributed by atoms with Crippen molar-refractivity contribution in [2.75, 3.05) is 19.6 Å². The first kappa shape index (κ1) is 18.9. The number of nitrogens with zero attached hydrogens (tertiary/aromatic N) is 4. The molecule has 2 aromatic heterocycles.